The van der Waals surface area contributed by atoms with E-state index >= 15 is 0 Å². The van der Waals surface area contributed by atoms with E-state index in [2.05, 4.69) is 15.6 Å². The molecule has 4 rings (SSSR count). The van der Waals surface area contributed by atoms with E-state index in [0.717, 1.165) is 16.7 Å². The summed E-state index contributed by atoms with van der Waals surface area (Å²) in [6.45, 7) is 0.175. The van der Waals surface area contributed by atoms with Crippen LogP contribution in [-0.2, 0) is 6.54 Å². The smallest absolute Gasteiger partial charge is 0.363 e. The molecule has 0 aliphatic carbocycles. The van der Waals surface area contributed by atoms with Crippen LogP contribution in [0.25, 0.3) is 11.1 Å². The molecule has 0 saturated carbocycles. The Bertz CT molecular complexity index is 1350. The molecule has 0 radical (unpaired) electrons. The molecule has 0 unspecified atom stereocenters. The molecule has 160 valence electrons. The van der Waals surface area contributed by atoms with Crippen LogP contribution in [0.4, 0.5) is 11.5 Å². The number of aromatic nitrogens is 2. The first-order chi connectivity index (χ1) is 15.5. The fraction of sp³-hybridized carbons (Fsp3) is 0.0417. The standard InChI is InChI=1S/C24H20N4O4/c29-22(25-15-16-7-3-1-4-8-16)20-21(27-24(31)28(32)23(20)30)26-19-13-11-18(12-14-19)17-9-5-2-6-10-17/h1-14,26,32H,15H2,(H,25,29)(H,27,31). The van der Waals surface area contributed by atoms with Crippen molar-refractivity contribution in [2.75, 3.05) is 5.32 Å². The molecule has 4 N–H and O–H groups in total. The third-order valence-electron chi connectivity index (χ3n) is 4.86. The molecule has 4 aromatic rings. The van der Waals surface area contributed by atoms with Crippen LogP contribution in [0.5, 0.6) is 0 Å². The van der Waals surface area contributed by atoms with Gasteiger partial charge in [-0.2, -0.15) is 0 Å². The number of rotatable bonds is 6. The van der Waals surface area contributed by atoms with Crippen LogP contribution in [-0.4, -0.2) is 20.8 Å². The highest BCUT2D eigenvalue weighted by Crippen LogP contribution is 2.23. The summed E-state index contributed by atoms with van der Waals surface area (Å²) in [5.41, 5.74) is 0.816. The van der Waals surface area contributed by atoms with Gasteiger partial charge in [0.1, 0.15) is 11.4 Å². The number of carbonyl (C=O) groups is 1. The predicted octanol–water partition coefficient (Wildman–Crippen LogP) is 3.11. The van der Waals surface area contributed by atoms with Crippen LogP contribution in [0, 0.1) is 0 Å². The quantitative estimate of drug-likeness (QED) is 0.352. The first-order valence-electron chi connectivity index (χ1n) is 9.86. The van der Waals surface area contributed by atoms with Crippen molar-refractivity contribution in [1.29, 1.82) is 0 Å². The summed E-state index contributed by atoms with van der Waals surface area (Å²) in [5, 5.41) is 15.3. The third-order valence-corrected chi connectivity index (χ3v) is 4.86. The zero-order valence-electron chi connectivity index (χ0n) is 16.9. The number of amides is 1. The van der Waals surface area contributed by atoms with Crippen LogP contribution >= 0.6 is 0 Å². The van der Waals surface area contributed by atoms with Crippen LogP contribution in [0.3, 0.4) is 0 Å². The topological polar surface area (TPSA) is 116 Å². The Labute approximate surface area is 182 Å². The van der Waals surface area contributed by atoms with Gasteiger partial charge in [-0.1, -0.05) is 77.5 Å². The minimum absolute atomic E-state index is 0.108. The van der Waals surface area contributed by atoms with E-state index in [1.165, 1.54) is 0 Å². The number of hydrogen-bond acceptors (Lipinski definition) is 5. The summed E-state index contributed by atoms with van der Waals surface area (Å²) in [5.74, 6) is -0.843. The second-order valence-corrected chi connectivity index (χ2v) is 7.03. The van der Waals surface area contributed by atoms with Gasteiger partial charge < -0.3 is 15.8 Å². The van der Waals surface area contributed by atoms with Crippen molar-refractivity contribution in [2.24, 2.45) is 0 Å². The van der Waals surface area contributed by atoms with Gasteiger partial charge in [0, 0.05) is 12.2 Å². The number of nitrogens with zero attached hydrogens (tertiary/aromatic N) is 1. The molecule has 8 heteroatoms. The summed E-state index contributed by atoms with van der Waals surface area (Å²) < 4.78 is -0.124. The molecular formula is C24H20N4O4. The van der Waals surface area contributed by atoms with Crippen molar-refractivity contribution in [3.8, 4) is 11.1 Å². The minimum Gasteiger partial charge on any atom is -0.421 e. The largest absolute Gasteiger partial charge is 0.421 e. The number of anilines is 2. The average molecular weight is 428 g/mol. The summed E-state index contributed by atoms with van der Waals surface area (Å²) in [7, 11) is 0. The molecule has 1 amide bonds. The molecule has 3 aromatic carbocycles. The van der Waals surface area contributed by atoms with Crippen molar-refractivity contribution >= 4 is 17.4 Å². The molecule has 0 aliphatic rings. The molecule has 32 heavy (non-hydrogen) atoms. The Kier molecular flexibility index (Phi) is 5.85. The van der Waals surface area contributed by atoms with E-state index in [4.69, 9.17) is 0 Å². The highest BCUT2D eigenvalue weighted by Gasteiger charge is 2.21. The van der Waals surface area contributed by atoms with Crippen LogP contribution in [0.2, 0.25) is 0 Å². The van der Waals surface area contributed by atoms with Gasteiger partial charge in [-0.3, -0.25) is 14.6 Å². The van der Waals surface area contributed by atoms with Crippen LogP contribution in [0.1, 0.15) is 15.9 Å². The number of benzene rings is 3. The molecule has 1 aromatic heterocycles. The Morgan fingerprint density at radius 3 is 2.09 bits per heavy atom. The van der Waals surface area contributed by atoms with E-state index in [0.29, 0.717) is 5.69 Å². The highest BCUT2D eigenvalue weighted by molar-refractivity contribution is 5.99. The second-order valence-electron chi connectivity index (χ2n) is 7.03. The zero-order valence-corrected chi connectivity index (χ0v) is 16.9. The van der Waals surface area contributed by atoms with Crippen LogP contribution in [0.15, 0.2) is 94.5 Å². The predicted molar refractivity (Wildman–Crippen MR) is 121 cm³/mol. The minimum atomic E-state index is -1.12. The summed E-state index contributed by atoms with van der Waals surface area (Å²) >= 11 is 0. The molecule has 0 bridgehead atoms. The van der Waals surface area contributed by atoms with Gasteiger partial charge in [0.2, 0.25) is 0 Å². The van der Waals surface area contributed by atoms with Gasteiger partial charge in [-0.15, -0.1) is 0 Å². The molecule has 0 fully saturated rings. The van der Waals surface area contributed by atoms with Crippen molar-refractivity contribution in [3.63, 3.8) is 0 Å². The molecule has 0 atom stereocenters. The first kappa shape index (κ1) is 20.7. The van der Waals surface area contributed by atoms with Crippen molar-refractivity contribution in [1.82, 2.24) is 15.0 Å². The van der Waals surface area contributed by atoms with Gasteiger partial charge in [-0.25, -0.2) is 4.79 Å². The van der Waals surface area contributed by atoms with Gasteiger partial charge in [0.05, 0.1) is 0 Å². The Hall–Kier alpha value is -4.59. The van der Waals surface area contributed by atoms with E-state index in [9.17, 15) is 19.6 Å². The fourth-order valence-corrected chi connectivity index (χ4v) is 3.22. The number of hydrogen-bond donors (Lipinski definition) is 4. The lowest BCUT2D eigenvalue weighted by atomic mass is 10.1. The highest BCUT2D eigenvalue weighted by atomic mass is 16.5. The van der Waals surface area contributed by atoms with E-state index < -0.39 is 22.7 Å². The molecule has 0 aliphatic heterocycles. The van der Waals surface area contributed by atoms with Gasteiger partial charge in [0.25, 0.3) is 5.91 Å². The lowest BCUT2D eigenvalue weighted by Gasteiger charge is -2.13. The van der Waals surface area contributed by atoms with Crippen LogP contribution < -0.4 is 21.9 Å². The molecule has 0 saturated heterocycles. The third kappa shape index (κ3) is 4.44. The maximum Gasteiger partial charge on any atom is 0.363 e. The molecule has 8 nitrogen and oxygen atoms in total. The van der Waals surface area contributed by atoms with Crippen molar-refractivity contribution in [3.05, 3.63) is 117 Å². The van der Waals surface area contributed by atoms with Gasteiger partial charge in [0.15, 0.2) is 0 Å². The normalized spacial score (nSPS) is 10.5. The molecule has 1 heterocycles. The number of H-pyrrole nitrogens is 1. The van der Waals surface area contributed by atoms with E-state index in [1.54, 1.807) is 12.1 Å². The first-order valence-corrected chi connectivity index (χ1v) is 9.86. The average Bonchev–Trinajstić information content (AvgIpc) is 2.83. The van der Waals surface area contributed by atoms with Gasteiger partial charge >= 0.3 is 11.2 Å². The number of aromatic amines is 1. The maximum absolute atomic E-state index is 12.8. The van der Waals surface area contributed by atoms with Gasteiger partial charge in [-0.05, 0) is 28.8 Å². The number of carbonyl (C=O) groups excluding carboxylic acids is 1. The van der Waals surface area contributed by atoms with E-state index in [1.807, 2.05) is 72.8 Å². The Morgan fingerprint density at radius 2 is 1.44 bits per heavy atom. The summed E-state index contributed by atoms with van der Waals surface area (Å²) in [6, 6.07) is 26.2. The maximum atomic E-state index is 12.8. The lowest BCUT2D eigenvalue weighted by Crippen LogP contribution is -2.40. The summed E-state index contributed by atoms with van der Waals surface area (Å²) in [6.07, 6.45) is 0. The molecule has 0 spiro atoms. The Morgan fingerprint density at radius 1 is 0.844 bits per heavy atom. The summed E-state index contributed by atoms with van der Waals surface area (Å²) in [4.78, 5) is 39.5. The number of nitrogens with one attached hydrogen (secondary N) is 3. The second kappa shape index (κ2) is 9.05. The molecular weight excluding hydrogens is 408 g/mol. The van der Waals surface area contributed by atoms with Crippen molar-refractivity contribution in [2.45, 2.75) is 6.54 Å². The van der Waals surface area contributed by atoms with Crippen molar-refractivity contribution < 1.29 is 10.0 Å². The lowest BCUT2D eigenvalue weighted by molar-refractivity contribution is 0.0940. The fourth-order valence-electron chi connectivity index (χ4n) is 3.22. The Balaban J connectivity index is 1.61. The van der Waals surface area contributed by atoms with E-state index in [-0.39, 0.29) is 17.1 Å². The zero-order chi connectivity index (χ0) is 22.5. The monoisotopic (exact) mass is 428 g/mol. The SMILES string of the molecule is O=C(NCc1ccccc1)c1c(Nc2ccc(-c3ccccc3)cc2)[nH]c(=O)n(O)c1=O.